The fourth-order valence-electron chi connectivity index (χ4n) is 4.27. The number of hydrogen-bond donors (Lipinski definition) is 0. The molecule has 1 aromatic heterocycles. The molecule has 2 fully saturated rings. The molecule has 2 aromatic rings. The molecule has 0 spiro atoms. The predicted molar refractivity (Wildman–Crippen MR) is 131 cm³/mol. The van der Waals surface area contributed by atoms with Gasteiger partial charge in [-0.3, -0.25) is 4.68 Å². The molecule has 0 atom stereocenters. The maximum atomic E-state index is 12.8. The van der Waals surface area contributed by atoms with E-state index >= 15 is 0 Å². The molecule has 2 amide bonds. The Morgan fingerprint density at radius 2 is 1.53 bits per heavy atom. The average Bonchev–Trinajstić information content (AvgIpc) is 3.44. The van der Waals surface area contributed by atoms with Crippen LogP contribution in [-0.4, -0.2) is 44.6 Å². The maximum Gasteiger partial charge on any atom is 0.419 e. The van der Waals surface area contributed by atoms with E-state index in [0.29, 0.717) is 5.92 Å². The van der Waals surface area contributed by atoms with Gasteiger partial charge in [-0.25, -0.2) is 14.5 Å². The summed E-state index contributed by atoms with van der Waals surface area (Å²) in [6.07, 6.45) is 4.95. The van der Waals surface area contributed by atoms with Crippen LogP contribution in [0.25, 0.3) is 11.1 Å². The van der Waals surface area contributed by atoms with Crippen LogP contribution >= 0.6 is 0 Å². The van der Waals surface area contributed by atoms with Crippen molar-refractivity contribution in [3.63, 3.8) is 0 Å². The molecule has 34 heavy (non-hydrogen) atoms. The summed E-state index contributed by atoms with van der Waals surface area (Å²) in [6.45, 7) is 11.0. The van der Waals surface area contributed by atoms with Gasteiger partial charge in [-0.2, -0.15) is 5.10 Å². The molecule has 0 unspecified atom stereocenters. The molecule has 1 aromatic carbocycles. The number of amides is 2. The lowest BCUT2D eigenvalue weighted by Gasteiger charge is -2.38. The fourth-order valence-corrected chi connectivity index (χ4v) is 4.27. The number of benzene rings is 1. The number of carbonyl (C=O) groups excluding carboxylic acids is 2. The van der Waals surface area contributed by atoms with E-state index in [1.807, 2.05) is 6.07 Å². The van der Waals surface area contributed by atoms with Gasteiger partial charge in [0.25, 0.3) is 0 Å². The summed E-state index contributed by atoms with van der Waals surface area (Å²) in [6, 6.07) is 10.7. The first-order valence-corrected chi connectivity index (χ1v) is 12.3. The van der Waals surface area contributed by atoms with Crippen LogP contribution in [-0.2, 0) is 9.47 Å². The van der Waals surface area contributed by atoms with Crippen molar-refractivity contribution < 1.29 is 19.1 Å². The Morgan fingerprint density at radius 1 is 0.971 bits per heavy atom. The highest BCUT2D eigenvalue weighted by Gasteiger charge is 2.39. The number of ether oxygens (including phenoxy) is 2. The Labute approximate surface area is 202 Å². The highest BCUT2D eigenvalue weighted by Crippen LogP contribution is 2.46. The van der Waals surface area contributed by atoms with Gasteiger partial charge in [0.1, 0.15) is 11.2 Å². The first-order valence-electron chi connectivity index (χ1n) is 12.3. The molecular weight excluding hydrogens is 430 g/mol. The molecule has 0 aliphatic heterocycles. The summed E-state index contributed by atoms with van der Waals surface area (Å²) in [5.41, 5.74) is 2.23. The van der Waals surface area contributed by atoms with Crippen molar-refractivity contribution in [1.82, 2.24) is 14.7 Å². The second-order valence-corrected chi connectivity index (χ2v) is 11.6. The number of rotatable bonds is 5. The van der Waals surface area contributed by atoms with E-state index in [1.54, 1.807) is 41.5 Å². The van der Waals surface area contributed by atoms with Crippen LogP contribution in [0.2, 0.25) is 0 Å². The Bertz CT molecular complexity index is 994. The number of nitrogens with zero attached hydrogens (tertiary/aromatic N) is 3. The normalized spacial score (nSPS) is 20.4. The van der Waals surface area contributed by atoms with Crippen molar-refractivity contribution in [3.05, 3.63) is 42.2 Å². The zero-order chi connectivity index (χ0) is 24.7. The van der Waals surface area contributed by atoms with Crippen LogP contribution in [0.4, 0.5) is 9.59 Å². The predicted octanol–water partition coefficient (Wildman–Crippen LogP) is 6.55. The monoisotopic (exact) mass is 467 g/mol. The van der Waals surface area contributed by atoms with Gasteiger partial charge in [0.15, 0.2) is 0 Å². The van der Waals surface area contributed by atoms with E-state index < -0.39 is 23.4 Å². The zero-order valence-electron chi connectivity index (χ0n) is 21.2. The van der Waals surface area contributed by atoms with E-state index in [-0.39, 0.29) is 18.5 Å². The van der Waals surface area contributed by atoms with Crippen LogP contribution in [0.15, 0.2) is 36.5 Å². The van der Waals surface area contributed by atoms with Crippen molar-refractivity contribution in [2.45, 2.75) is 90.4 Å². The SMILES string of the molecule is CC(C)(C)OC(=O)N(CC1CC(n2cc(-c3ccccc3)c(C3CC3)n2)C1)C(=O)OC(C)(C)C. The largest absolute Gasteiger partial charge is 0.443 e. The lowest BCUT2D eigenvalue weighted by Crippen LogP contribution is -2.47. The summed E-state index contributed by atoms with van der Waals surface area (Å²) in [7, 11) is 0. The number of hydrogen-bond acceptors (Lipinski definition) is 5. The van der Waals surface area contributed by atoms with Gasteiger partial charge in [0.2, 0.25) is 0 Å². The lowest BCUT2D eigenvalue weighted by molar-refractivity contribution is -0.00641. The third kappa shape index (κ3) is 5.99. The van der Waals surface area contributed by atoms with E-state index in [1.165, 1.54) is 29.7 Å². The fraction of sp³-hybridized carbons (Fsp3) is 0.593. The smallest absolute Gasteiger partial charge is 0.419 e. The highest BCUT2D eigenvalue weighted by molar-refractivity contribution is 5.88. The van der Waals surface area contributed by atoms with Gasteiger partial charge in [-0.15, -0.1) is 0 Å². The standard InChI is InChI=1S/C27H37N3O4/c1-26(2,3)33-24(31)29(25(32)34-27(4,5)6)16-18-14-21(15-18)30-17-22(19-10-8-7-9-11-19)23(28-30)20-12-13-20/h7-11,17-18,20-21H,12-16H2,1-6H3. The van der Waals surface area contributed by atoms with Gasteiger partial charge < -0.3 is 9.47 Å². The van der Waals surface area contributed by atoms with Crippen molar-refractivity contribution in [1.29, 1.82) is 0 Å². The highest BCUT2D eigenvalue weighted by atomic mass is 16.6. The average molecular weight is 468 g/mol. The van der Waals surface area contributed by atoms with Crippen LogP contribution in [0, 0.1) is 5.92 Å². The molecule has 2 saturated carbocycles. The van der Waals surface area contributed by atoms with Gasteiger partial charge in [0, 0.05) is 24.2 Å². The topological polar surface area (TPSA) is 73.7 Å². The molecule has 0 bridgehead atoms. The third-order valence-corrected chi connectivity index (χ3v) is 6.06. The molecule has 0 saturated heterocycles. The first kappa shape index (κ1) is 24.3. The van der Waals surface area contributed by atoms with Crippen molar-refractivity contribution in [3.8, 4) is 11.1 Å². The molecule has 0 N–H and O–H groups in total. The van der Waals surface area contributed by atoms with E-state index in [9.17, 15) is 9.59 Å². The van der Waals surface area contributed by atoms with Crippen LogP contribution in [0.1, 0.15) is 84.9 Å². The number of aromatic nitrogens is 2. The van der Waals surface area contributed by atoms with E-state index in [0.717, 1.165) is 17.7 Å². The van der Waals surface area contributed by atoms with Crippen LogP contribution < -0.4 is 0 Å². The summed E-state index contributed by atoms with van der Waals surface area (Å²) in [5.74, 6) is 0.737. The number of carbonyl (C=O) groups is 2. The Morgan fingerprint density at radius 3 is 2.03 bits per heavy atom. The van der Waals surface area contributed by atoms with Gasteiger partial charge in [0.05, 0.1) is 11.7 Å². The summed E-state index contributed by atoms with van der Waals surface area (Å²) < 4.78 is 13.1. The molecule has 2 aliphatic rings. The molecule has 7 heteroatoms. The minimum atomic E-state index is -0.693. The zero-order valence-corrected chi connectivity index (χ0v) is 21.2. The minimum Gasteiger partial charge on any atom is -0.443 e. The van der Waals surface area contributed by atoms with Crippen molar-refractivity contribution in [2.24, 2.45) is 5.92 Å². The maximum absolute atomic E-state index is 12.8. The quantitative estimate of drug-likeness (QED) is 0.498. The van der Waals surface area contributed by atoms with Crippen molar-refractivity contribution in [2.75, 3.05) is 6.54 Å². The summed E-state index contributed by atoms with van der Waals surface area (Å²) in [5, 5.41) is 4.97. The molecule has 7 nitrogen and oxygen atoms in total. The second-order valence-electron chi connectivity index (χ2n) is 11.6. The van der Waals surface area contributed by atoms with Gasteiger partial charge in [-0.1, -0.05) is 30.3 Å². The minimum absolute atomic E-state index is 0.179. The summed E-state index contributed by atoms with van der Waals surface area (Å²) >= 11 is 0. The summed E-state index contributed by atoms with van der Waals surface area (Å²) in [4.78, 5) is 26.7. The number of imide groups is 1. The van der Waals surface area contributed by atoms with Crippen LogP contribution in [0.5, 0.6) is 0 Å². The molecule has 0 radical (unpaired) electrons. The molecule has 184 valence electrons. The Kier molecular flexibility index (Phi) is 6.49. The van der Waals surface area contributed by atoms with Crippen LogP contribution in [0.3, 0.4) is 0 Å². The molecule has 2 aliphatic carbocycles. The third-order valence-electron chi connectivity index (χ3n) is 6.06. The Hall–Kier alpha value is -2.83. The molecule has 1 heterocycles. The van der Waals surface area contributed by atoms with E-state index in [2.05, 4.69) is 35.1 Å². The second kappa shape index (κ2) is 9.08. The van der Waals surface area contributed by atoms with Gasteiger partial charge >= 0.3 is 12.2 Å². The molecule has 4 rings (SSSR count). The van der Waals surface area contributed by atoms with E-state index in [4.69, 9.17) is 14.6 Å². The van der Waals surface area contributed by atoms with Crippen molar-refractivity contribution >= 4 is 12.2 Å². The van der Waals surface area contributed by atoms with Gasteiger partial charge in [-0.05, 0) is 78.7 Å². The molecular formula is C27H37N3O4. The first-order chi connectivity index (χ1) is 15.9. The lowest BCUT2D eigenvalue weighted by atomic mass is 9.80. The Balaban J connectivity index is 1.44.